The van der Waals surface area contributed by atoms with E-state index in [-0.39, 0.29) is 12.5 Å². The van der Waals surface area contributed by atoms with Crippen LogP contribution in [-0.2, 0) is 4.79 Å². The van der Waals surface area contributed by atoms with E-state index in [2.05, 4.69) is 5.32 Å². The maximum absolute atomic E-state index is 11.7. The fraction of sp³-hybridized carbons (Fsp3) is 0.385. The molecule has 0 spiro atoms. The minimum Gasteiger partial charge on any atom is -0.399 e. The van der Waals surface area contributed by atoms with Crippen molar-refractivity contribution in [2.75, 3.05) is 30.3 Å². The first-order chi connectivity index (χ1) is 8.99. The van der Waals surface area contributed by atoms with Crippen LogP contribution in [-0.4, -0.2) is 31.4 Å². The summed E-state index contributed by atoms with van der Waals surface area (Å²) in [4.78, 5) is 24.8. The molecular formula is C13H20N4O2. The van der Waals surface area contributed by atoms with Gasteiger partial charge in [0.1, 0.15) is 0 Å². The predicted molar refractivity (Wildman–Crippen MR) is 75.9 cm³/mol. The maximum atomic E-state index is 11.7. The number of amides is 2. The first-order valence-electron chi connectivity index (χ1n) is 6.20. The van der Waals surface area contributed by atoms with Gasteiger partial charge >= 0.3 is 0 Å². The van der Waals surface area contributed by atoms with Crippen molar-refractivity contribution in [1.29, 1.82) is 0 Å². The second-order valence-electron chi connectivity index (χ2n) is 4.11. The van der Waals surface area contributed by atoms with Crippen molar-refractivity contribution >= 4 is 23.2 Å². The van der Waals surface area contributed by atoms with E-state index in [9.17, 15) is 9.59 Å². The molecule has 0 unspecified atom stereocenters. The van der Waals surface area contributed by atoms with Crippen LogP contribution in [0.4, 0.5) is 11.4 Å². The molecular weight excluding hydrogens is 244 g/mol. The highest BCUT2D eigenvalue weighted by atomic mass is 16.2. The van der Waals surface area contributed by atoms with Gasteiger partial charge in [0.05, 0.1) is 17.8 Å². The Morgan fingerprint density at radius 3 is 2.53 bits per heavy atom. The molecule has 0 radical (unpaired) electrons. The summed E-state index contributed by atoms with van der Waals surface area (Å²) in [6.07, 6.45) is 0. The maximum Gasteiger partial charge on any atom is 0.250 e. The second kappa shape index (κ2) is 6.63. The number of carbonyl (C=O) groups excluding carboxylic acids is 2. The molecule has 1 rings (SSSR count). The van der Waals surface area contributed by atoms with E-state index in [1.165, 1.54) is 0 Å². The van der Waals surface area contributed by atoms with E-state index in [1.807, 2.05) is 13.8 Å². The normalized spacial score (nSPS) is 10.0. The number of hydrogen-bond acceptors (Lipinski definition) is 4. The van der Waals surface area contributed by atoms with Crippen LogP contribution in [0.3, 0.4) is 0 Å². The number of primary amides is 1. The van der Waals surface area contributed by atoms with Gasteiger partial charge < -0.3 is 21.7 Å². The van der Waals surface area contributed by atoms with Crippen molar-refractivity contribution in [2.24, 2.45) is 5.73 Å². The number of benzene rings is 1. The summed E-state index contributed by atoms with van der Waals surface area (Å²) in [5, 5.41) is 2.72. The summed E-state index contributed by atoms with van der Waals surface area (Å²) in [7, 11) is 0. The van der Waals surface area contributed by atoms with E-state index in [1.54, 1.807) is 23.1 Å². The lowest BCUT2D eigenvalue weighted by Gasteiger charge is -2.24. The summed E-state index contributed by atoms with van der Waals surface area (Å²) >= 11 is 0. The number of likely N-dealkylation sites (N-methyl/N-ethyl adjacent to an activating group) is 2. The average molecular weight is 264 g/mol. The number of hydrogen-bond donors (Lipinski definition) is 3. The lowest BCUT2D eigenvalue weighted by molar-refractivity contribution is -0.119. The van der Waals surface area contributed by atoms with Gasteiger partial charge in [-0.25, -0.2) is 0 Å². The van der Waals surface area contributed by atoms with Crippen LogP contribution in [0.5, 0.6) is 0 Å². The average Bonchev–Trinajstić information content (AvgIpc) is 2.35. The quantitative estimate of drug-likeness (QED) is 0.644. The summed E-state index contributed by atoms with van der Waals surface area (Å²) < 4.78 is 0. The third-order valence-corrected chi connectivity index (χ3v) is 2.72. The van der Waals surface area contributed by atoms with Gasteiger partial charge in [-0.15, -0.1) is 0 Å². The van der Waals surface area contributed by atoms with Gasteiger partial charge in [-0.1, -0.05) is 0 Å². The SMILES string of the molecule is CCNC(=O)CN(CC)c1cc(N)ccc1C(N)=O. The second-order valence-corrected chi connectivity index (χ2v) is 4.11. The lowest BCUT2D eigenvalue weighted by atomic mass is 10.1. The summed E-state index contributed by atoms with van der Waals surface area (Å²) in [6, 6.07) is 4.85. The van der Waals surface area contributed by atoms with Gasteiger partial charge in [-0.2, -0.15) is 0 Å². The Kier molecular flexibility index (Phi) is 5.17. The highest BCUT2D eigenvalue weighted by molar-refractivity contribution is 6.00. The van der Waals surface area contributed by atoms with Crippen molar-refractivity contribution < 1.29 is 9.59 Å². The smallest absolute Gasteiger partial charge is 0.250 e. The van der Waals surface area contributed by atoms with Crippen LogP contribution in [0.2, 0.25) is 0 Å². The van der Waals surface area contributed by atoms with Crippen LogP contribution in [0.25, 0.3) is 0 Å². The third-order valence-electron chi connectivity index (χ3n) is 2.72. The highest BCUT2D eigenvalue weighted by Crippen LogP contribution is 2.23. The van der Waals surface area contributed by atoms with Crippen LogP contribution < -0.4 is 21.7 Å². The number of carbonyl (C=O) groups is 2. The van der Waals surface area contributed by atoms with E-state index < -0.39 is 5.91 Å². The standard InChI is InChI=1S/C13H20N4O2/c1-3-16-12(18)8-17(4-2)11-7-9(14)5-6-10(11)13(15)19/h5-7H,3-4,8,14H2,1-2H3,(H2,15,19)(H,16,18). The van der Waals surface area contributed by atoms with E-state index >= 15 is 0 Å². The van der Waals surface area contributed by atoms with E-state index in [4.69, 9.17) is 11.5 Å². The Balaban J connectivity index is 3.06. The molecule has 0 atom stereocenters. The molecule has 5 N–H and O–H groups in total. The van der Waals surface area contributed by atoms with Gasteiger partial charge in [0, 0.05) is 18.8 Å². The molecule has 19 heavy (non-hydrogen) atoms. The summed E-state index contributed by atoms with van der Waals surface area (Å²) in [5.74, 6) is -0.647. The van der Waals surface area contributed by atoms with E-state index in [0.717, 1.165) is 0 Å². The molecule has 6 heteroatoms. The molecule has 2 amide bonds. The van der Waals surface area contributed by atoms with Gasteiger partial charge in [-0.05, 0) is 32.0 Å². The third kappa shape index (κ3) is 3.87. The molecule has 0 saturated heterocycles. The van der Waals surface area contributed by atoms with Crippen molar-refractivity contribution in [3.63, 3.8) is 0 Å². The van der Waals surface area contributed by atoms with Crippen molar-refractivity contribution in [3.05, 3.63) is 23.8 Å². The Morgan fingerprint density at radius 2 is 2.00 bits per heavy atom. The van der Waals surface area contributed by atoms with Crippen LogP contribution in [0.1, 0.15) is 24.2 Å². The van der Waals surface area contributed by atoms with Gasteiger partial charge in [0.25, 0.3) is 5.91 Å². The Bertz CT molecular complexity index is 474. The van der Waals surface area contributed by atoms with Crippen LogP contribution in [0.15, 0.2) is 18.2 Å². The summed E-state index contributed by atoms with van der Waals surface area (Å²) in [6.45, 7) is 5.04. The van der Waals surface area contributed by atoms with Gasteiger partial charge in [0.2, 0.25) is 5.91 Å². The molecule has 6 nitrogen and oxygen atoms in total. The van der Waals surface area contributed by atoms with Gasteiger partial charge in [-0.3, -0.25) is 9.59 Å². The Hall–Kier alpha value is -2.24. The van der Waals surface area contributed by atoms with Crippen LogP contribution in [0, 0.1) is 0 Å². The predicted octanol–water partition coefficient (Wildman–Crippen LogP) is 0.330. The fourth-order valence-electron chi connectivity index (χ4n) is 1.81. The topological polar surface area (TPSA) is 101 Å². The molecule has 1 aromatic rings. The minimum absolute atomic E-state index is 0.109. The number of nitrogen functional groups attached to an aromatic ring is 1. The number of rotatable bonds is 6. The molecule has 0 saturated carbocycles. The molecule has 0 aliphatic heterocycles. The highest BCUT2D eigenvalue weighted by Gasteiger charge is 2.16. The fourth-order valence-corrected chi connectivity index (χ4v) is 1.81. The molecule has 0 bridgehead atoms. The Labute approximate surface area is 112 Å². The zero-order chi connectivity index (χ0) is 14.4. The minimum atomic E-state index is -0.538. The van der Waals surface area contributed by atoms with Gasteiger partial charge in [0.15, 0.2) is 0 Å². The first kappa shape index (κ1) is 14.8. The molecule has 0 aliphatic carbocycles. The van der Waals surface area contributed by atoms with Crippen molar-refractivity contribution in [1.82, 2.24) is 5.32 Å². The monoisotopic (exact) mass is 264 g/mol. The zero-order valence-corrected chi connectivity index (χ0v) is 11.3. The van der Waals surface area contributed by atoms with Crippen molar-refractivity contribution in [2.45, 2.75) is 13.8 Å². The molecule has 0 heterocycles. The van der Waals surface area contributed by atoms with Crippen molar-refractivity contribution in [3.8, 4) is 0 Å². The lowest BCUT2D eigenvalue weighted by Crippen LogP contribution is -2.38. The number of anilines is 2. The molecule has 0 aromatic heterocycles. The number of nitrogens with two attached hydrogens (primary N) is 2. The Morgan fingerprint density at radius 1 is 1.32 bits per heavy atom. The largest absolute Gasteiger partial charge is 0.399 e. The molecule has 104 valence electrons. The zero-order valence-electron chi connectivity index (χ0n) is 11.3. The molecule has 1 aromatic carbocycles. The molecule has 0 fully saturated rings. The number of nitrogens with one attached hydrogen (secondary N) is 1. The van der Waals surface area contributed by atoms with E-state index in [0.29, 0.717) is 30.0 Å². The molecule has 0 aliphatic rings. The van der Waals surface area contributed by atoms with Crippen LogP contribution >= 0.6 is 0 Å². The summed E-state index contributed by atoms with van der Waals surface area (Å²) in [5.41, 5.74) is 12.5. The number of nitrogens with zero attached hydrogens (tertiary/aromatic N) is 1. The first-order valence-corrected chi connectivity index (χ1v) is 6.20.